The normalized spacial score (nSPS) is 31.2. The number of carbonyl (C=O) groups is 1. The second-order valence-corrected chi connectivity index (χ2v) is 7.14. The first-order chi connectivity index (χ1) is 8.06. The summed E-state index contributed by atoms with van der Waals surface area (Å²) < 4.78 is 25.9. The van der Waals surface area contributed by atoms with E-state index in [2.05, 4.69) is 0 Å². The minimum absolute atomic E-state index is 0.0240. The predicted molar refractivity (Wildman–Crippen MR) is 66.2 cm³/mol. The lowest BCUT2D eigenvalue weighted by molar-refractivity contribution is -0.121. The van der Waals surface area contributed by atoms with Crippen LogP contribution in [0.5, 0.6) is 0 Å². The zero-order chi connectivity index (χ0) is 12.5. The molecule has 1 aliphatic carbocycles. The molecule has 0 aromatic carbocycles. The van der Waals surface area contributed by atoms with Crippen LogP contribution < -0.4 is 0 Å². The van der Waals surface area contributed by atoms with Crippen molar-refractivity contribution in [3.8, 4) is 0 Å². The smallest absolute Gasteiger partial charge is 0.214 e. The molecule has 17 heavy (non-hydrogen) atoms. The zero-order valence-electron chi connectivity index (χ0n) is 10.4. The second-order valence-electron chi connectivity index (χ2n) is 5.10. The fourth-order valence-electron chi connectivity index (χ4n) is 3.14. The number of sulfonamides is 1. The molecule has 4 nitrogen and oxygen atoms in total. The van der Waals surface area contributed by atoms with Crippen LogP contribution in [-0.2, 0) is 14.8 Å². The molecule has 1 saturated carbocycles. The minimum atomic E-state index is -3.14. The van der Waals surface area contributed by atoms with E-state index in [1.54, 1.807) is 4.31 Å². The fourth-order valence-corrected chi connectivity index (χ4v) is 4.96. The molecular formula is C12H21NO3S. The van der Waals surface area contributed by atoms with E-state index < -0.39 is 10.0 Å². The van der Waals surface area contributed by atoms with Crippen molar-refractivity contribution in [2.75, 3.05) is 12.3 Å². The molecule has 1 heterocycles. The number of carbonyl (C=O) groups excluding carboxylic acids is 1. The summed E-state index contributed by atoms with van der Waals surface area (Å²) in [7, 11) is -3.14. The number of hydrogen-bond donors (Lipinski definition) is 0. The van der Waals surface area contributed by atoms with Gasteiger partial charge in [0.25, 0.3) is 0 Å². The Morgan fingerprint density at radius 3 is 2.65 bits per heavy atom. The van der Waals surface area contributed by atoms with Gasteiger partial charge >= 0.3 is 0 Å². The monoisotopic (exact) mass is 259 g/mol. The van der Waals surface area contributed by atoms with E-state index in [1.807, 2.05) is 6.92 Å². The molecule has 0 spiro atoms. The van der Waals surface area contributed by atoms with Crippen LogP contribution in [0.15, 0.2) is 0 Å². The Bertz CT molecular complexity index is 391. The lowest BCUT2D eigenvalue weighted by Gasteiger charge is -2.27. The van der Waals surface area contributed by atoms with Crippen LogP contribution in [0.25, 0.3) is 0 Å². The second kappa shape index (κ2) is 5.06. The fraction of sp³-hybridized carbons (Fsp3) is 0.917. The van der Waals surface area contributed by atoms with Gasteiger partial charge in [0.05, 0.1) is 5.75 Å². The average molecular weight is 259 g/mol. The highest BCUT2D eigenvalue weighted by atomic mass is 32.2. The molecule has 0 amide bonds. The molecule has 0 aromatic rings. The summed E-state index contributed by atoms with van der Waals surface area (Å²) in [6, 6.07) is -0.0402. The molecule has 0 bridgehead atoms. The molecule has 1 saturated heterocycles. The van der Waals surface area contributed by atoms with Gasteiger partial charge in [0.1, 0.15) is 5.78 Å². The highest BCUT2D eigenvalue weighted by Gasteiger charge is 2.42. The summed E-state index contributed by atoms with van der Waals surface area (Å²) in [5.74, 6) is 0.461. The molecule has 0 N–H and O–H groups in total. The SMILES string of the molecule is CCCS(=O)(=O)N1CCCC1C1CCCC1=O. The Balaban J connectivity index is 2.15. The standard InChI is InChI=1S/C12H21NO3S/c1-2-9-17(15,16)13-8-4-6-11(13)10-5-3-7-12(10)14/h10-11H,2-9H2,1H3. The molecule has 1 aliphatic heterocycles. The molecule has 2 unspecified atom stereocenters. The van der Waals surface area contributed by atoms with Crippen molar-refractivity contribution in [1.29, 1.82) is 0 Å². The number of rotatable bonds is 4. The Labute approximate surface area is 103 Å². The highest BCUT2D eigenvalue weighted by molar-refractivity contribution is 7.89. The molecule has 2 rings (SSSR count). The molecule has 2 atom stereocenters. The van der Waals surface area contributed by atoms with Gasteiger partial charge in [0, 0.05) is 24.9 Å². The topological polar surface area (TPSA) is 54.5 Å². The Hall–Kier alpha value is -0.420. The van der Waals surface area contributed by atoms with E-state index in [9.17, 15) is 13.2 Å². The van der Waals surface area contributed by atoms with Gasteiger partial charge in [-0.25, -0.2) is 8.42 Å². The van der Waals surface area contributed by atoms with E-state index in [4.69, 9.17) is 0 Å². The first-order valence-electron chi connectivity index (χ1n) is 6.58. The van der Waals surface area contributed by atoms with Crippen molar-refractivity contribution in [2.45, 2.75) is 51.5 Å². The van der Waals surface area contributed by atoms with E-state index in [1.165, 1.54) is 0 Å². The van der Waals surface area contributed by atoms with Crippen LogP contribution in [0.1, 0.15) is 45.4 Å². The van der Waals surface area contributed by atoms with E-state index >= 15 is 0 Å². The minimum Gasteiger partial charge on any atom is -0.299 e. The van der Waals surface area contributed by atoms with Crippen molar-refractivity contribution in [1.82, 2.24) is 4.31 Å². The summed E-state index contributed by atoms with van der Waals surface area (Å²) in [4.78, 5) is 11.8. The zero-order valence-corrected chi connectivity index (χ0v) is 11.2. The number of ketones is 1. The molecule has 2 fully saturated rings. The van der Waals surface area contributed by atoms with Crippen molar-refractivity contribution >= 4 is 15.8 Å². The summed E-state index contributed by atoms with van der Waals surface area (Å²) in [5, 5.41) is 0. The first-order valence-corrected chi connectivity index (χ1v) is 8.19. The third kappa shape index (κ3) is 2.55. The Morgan fingerprint density at radius 2 is 2.06 bits per heavy atom. The van der Waals surface area contributed by atoms with Gasteiger partial charge in [0.15, 0.2) is 0 Å². The third-order valence-corrected chi connectivity index (χ3v) is 5.98. The molecule has 98 valence electrons. The largest absolute Gasteiger partial charge is 0.299 e. The van der Waals surface area contributed by atoms with Gasteiger partial charge in [-0.2, -0.15) is 4.31 Å². The molecule has 5 heteroatoms. The van der Waals surface area contributed by atoms with Gasteiger partial charge in [-0.05, 0) is 32.1 Å². The molecule has 2 aliphatic rings. The van der Waals surface area contributed by atoms with Crippen LogP contribution in [0.3, 0.4) is 0 Å². The maximum absolute atomic E-state index is 12.1. The van der Waals surface area contributed by atoms with Crippen LogP contribution in [0.4, 0.5) is 0 Å². The first kappa shape index (κ1) is 13.0. The maximum Gasteiger partial charge on any atom is 0.214 e. The van der Waals surface area contributed by atoms with Gasteiger partial charge in [-0.3, -0.25) is 4.79 Å². The van der Waals surface area contributed by atoms with Crippen LogP contribution in [-0.4, -0.2) is 36.8 Å². The van der Waals surface area contributed by atoms with Crippen molar-refractivity contribution in [2.24, 2.45) is 5.92 Å². The summed E-state index contributed by atoms with van der Waals surface area (Å²) >= 11 is 0. The van der Waals surface area contributed by atoms with Gasteiger partial charge in [-0.15, -0.1) is 0 Å². The molecular weight excluding hydrogens is 238 g/mol. The lowest BCUT2D eigenvalue weighted by Crippen LogP contribution is -2.42. The quantitative estimate of drug-likeness (QED) is 0.770. The van der Waals surface area contributed by atoms with E-state index in [0.717, 1.165) is 25.7 Å². The Kier molecular flexibility index (Phi) is 3.88. The average Bonchev–Trinajstić information content (AvgIpc) is 2.85. The third-order valence-electron chi connectivity index (χ3n) is 3.88. The van der Waals surface area contributed by atoms with Crippen LogP contribution in [0.2, 0.25) is 0 Å². The highest BCUT2D eigenvalue weighted by Crippen LogP contribution is 2.34. The van der Waals surface area contributed by atoms with Gasteiger partial charge < -0.3 is 0 Å². The van der Waals surface area contributed by atoms with E-state index in [0.29, 0.717) is 19.4 Å². The molecule has 0 radical (unpaired) electrons. The maximum atomic E-state index is 12.1. The number of Topliss-reactive ketones (excluding diaryl/α,β-unsaturated/α-hetero) is 1. The summed E-state index contributed by atoms with van der Waals surface area (Å²) in [6.07, 6.45) is 4.85. The number of nitrogens with zero attached hydrogens (tertiary/aromatic N) is 1. The van der Waals surface area contributed by atoms with Gasteiger partial charge in [-0.1, -0.05) is 6.92 Å². The summed E-state index contributed by atoms with van der Waals surface area (Å²) in [6.45, 7) is 2.49. The van der Waals surface area contributed by atoms with Crippen LogP contribution >= 0.6 is 0 Å². The summed E-state index contributed by atoms with van der Waals surface area (Å²) in [5.41, 5.74) is 0. The van der Waals surface area contributed by atoms with Crippen molar-refractivity contribution in [3.05, 3.63) is 0 Å². The Morgan fingerprint density at radius 1 is 1.29 bits per heavy atom. The number of hydrogen-bond acceptors (Lipinski definition) is 3. The van der Waals surface area contributed by atoms with Crippen LogP contribution in [0, 0.1) is 5.92 Å². The van der Waals surface area contributed by atoms with Crippen molar-refractivity contribution < 1.29 is 13.2 Å². The molecule has 0 aromatic heterocycles. The van der Waals surface area contributed by atoms with Crippen molar-refractivity contribution in [3.63, 3.8) is 0 Å². The van der Waals surface area contributed by atoms with E-state index in [-0.39, 0.29) is 23.5 Å². The van der Waals surface area contributed by atoms with Gasteiger partial charge in [0.2, 0.25) is 10.0 Å². The lowest BCUT2D eigenvalue weighted by atomic mass is 9.96. The predicted octanol–water partition coefficient (Wildman–Crippen LogP) is 1.56.